The van der Waals surface area contributed by atoms with Gasteiger partial charge >= 0.3 is 0 Å². The summed E-state index contributed by atoms with van der Waals surface area (Å²) in [4.78, 5) is 0. The number of rotatable bonds is 3. The zero-order valence-electron chi connectivity index (χ0n) is 17.0. The molecule has 0 radical (unpaired) electrons. The van der Waals surface area contributed by atoms with E-state index in [0.717, 1.165) is 23.7 Å². The molecule has 0 amide bonds. The molecule has 3 aliphatic carbocycles. The van der Waals surface area contributed by atoms with Gasteiger partial charge in [-0.2, -0.15) is 0 Å². The van der Waals surface area contributed by atoms with Gasteiger partial charge in [0, 0.05) is 0 Å². The maximum atomic E-state index is 4.35. The summed E-state index contributed by atoms with van der Waals surface area (Å²) in [6.45, 7) is 19.6. The van der Waals surface area contributed by atoms with Crippen LogP contribution in [0.2, 0.25) is 0 Å². The maximum absolute atomic E-state index is 4.35. The quantitative estimate of drug-likeness (QED) is 0.465. The average Bonchev–Trinajstić information content (AvgIpc) is 3.22. The van der Waals surface area contributed by atoms with E-state index in [1.165, 1.54) is 44.9 Å². The molecule has 0 aromatic heterocycles. The van der Waals surface area contributed by atoms with Gasteiger partial charge in [-0.15, -0.1) is 0 Å². The van der Waals surface area contributed by atoms with Gasteiger partial charge in [-0.05, 0) is 74.0 Å². The van der Waals surface area contributed by atoms with E-state index in [1.54, 1.807) is 11.1 Å². The van der Waals surface area contributed by atoms with Gasteiger partial charge in [-0.1, -0.05) is 72.3 Å². The second-order valence-corrected chi connectivity index (χ2v) is 7.77. The van der Waals surface area contributed by atoms with Crippen LogP contribution in [0.4, 0.5) is 0 Å². The van der Waals surface area contributed by atoms with Crippen LogP contribution in [0, 0.1) is 29.1 Å². The monoisotopic (exact) mass is 318 g/mol. The first-order valence-corrected chi connectivity index (χ1v) is 10.4. The molecule has 0 aromatic carbocycles. The van der Waals surface area contributed by atoms with Crippen molar-refractivity contribution in [3.8, 4) is 0 Å². The third-order valence-corrected chi connectivity index (χ3v) is 6.55. The highest BCUT2D eigenvalue weighted by Gasteiger charge is 2.58. The van der Waals surface area contributed by atoms with Gasteiger partial charge in [0.15, 0.2) is 0 Å². The fourth-order valence-electron chi connectivity index (χ4n) is 4.99. The Bertz CT molecular complexity index is 400. The molecule has 4 unspecified atom stereocenters. The summed E-state index contributed by atoms with van der Waals surface area (Å²) in [5.41, 5.74) is 3.90. The molecule has 3 saturated carbocycles. The molecule has 134 valence electrons. The van der Waals surface area contributed by atoms with E-state index in [9.17, 15) is 0 Å². The van der Waals surface area contributed by atoms with E-state index in [-0.39, 0.29) is 0 Å². The van der Waals surface area contributed by atoms with Crippen LogP contribution >= 0.6 is 0 Å². The normalized spacial score (nSPS) is 36.8. The Morgan fingerprint density at radius 1 is 1.13 bits per heavy atom. The first kappa shape index (κ1) is 20.5. The lowest BCUT2D eigenvalue weighted by Crippen LogP contribution is -2.24. The smallest absolute Gasteiger partial charge is 0.00246 e. The molecule has 0 heterocycles. The van der Waals surface area contributed by atoms with Crippen molar-refractivity contribution < 1.29 is 0 Å². The molecular weight excluding hydrogens is 276 g/mol. The first-order chi connectivity index (χ1) is 11.0. The summed E-state index contributed by atoms with van der Waals surface area (Å²) < 4.78 is 0. The second kappa shape index (κ2) is 9.09. The molecule has 0 spiro atoms. The van der Waals surface area contributed by atoms with Crippen molar-refractivity contribution in [2.45, 2.75) is 93.4 Å². The molecule has 0 saturated heterocycles. The van der Waals surface area contributed by atoms with Crippen LogP contribution < -0.4 is 0 Å². The van der Waals surface area contributed by atoms with Crippen molar-refractivity contribution in [2.24, 2.45) is 29.1 Å². The summed E-state index contributed by atoms with van der Waals surface area (Å²) >= 11 is 0. The Morgan fingerprint density at radius 3 is 2.26 bits per heavy atom. The van der Waals surface area contributed by atoms with Crippen LogP contribution in [0.5, 0.6) is 0 Å². The van der Waals surface area contributed by atoms with Crippen LogP contribution in [0.3, 0.4) is 0 Å². The van der Waals surface area contributed by atoms with E-state index < -0.39 is 0 Å². The number of hydrogen-bond donors (Lipinski definition) is 0. The van der Waals surface area contributed by atoms with Crippen LogP contribution in [0.15, 0.2) is 23.8 Å². The second-order valence-electron chi connectivity index (χ2n) is 7.77. The number of allylic oxidation sites excluding steroid dienone is 3. The first-order valence-electron chi connectivity index (χ1n) is 10.4. The highest BCUT2D eigenvalue weighted by molar-refractivity contribution is 5.30. The molecule has 3 rings (SSSR count). The maximum Gasteiger partial charge on any atom is -0.00246 e. The summed E-state index contributed by atoms with van der Waals surface area (Å²) in [6.07, 6.45) is 12.3. The Morgan fingerprint density at radius 2 is 1.78 bits per heavy atom. The van der Waals surface area contributed by atoms with E-state index in [4.69, 9.17) is 0 Å². The highest BCUT2D eigenvalue weighted by atomic mass is 14.6. The lowest BCUT2D eigenvalue weighted by molar-refractivity contribution is 0.244. The number of fused-ring (bicyclic) bond motifs is 1. The van der Waals surface area contributed by atoms with Crippen molar-refractivity contribution in [3.05, 3.63) is 23.8 Å². The lowest BCUT2D eigenvalue weighted by Gasteiger charge is -2.34. The third kappa shape index (κ3) is 4.31. The Hall–Kier alpha value is -0.520. The molecule has 0 N–H and O–H groups in total. The fraction of sp³-hybridized carbons (Fsp3) is 0.826. The molecule has 0 heteroatoms. The van der Waals surface area contributed by atoms with E-state index in [1.807, 2.05) is 27.7 Å². The molecular formula is C23H42. The number of hydrogen-bond acceptors (Lipinski definition) is 0. The van der Waals surface area contributed by atoms with E-state index >= 15 is 0 Å². The Labute approximate surface area is 146 Å². The van der Waals surface area contributed by atoms with Crippen LogP contribution in [0.1, 0.15) is 93.4 Å². The molecule has 3 aliphatic rings. The van der Waals surface area contributed by atoms with Crippen molar-refractivity contribution in [1.29, 1.82) is 0 Å². The predicted octanol–water partition coefficient (Wildman–Crippen LogP) is 7.80. The zero-order chi connectivity index (χ0) is 17.6. The molecule has 0 nitrogen and oxygen atoms in total. The minimum Gasteiger partial charge on any atom is -0.0993 e. The van der Waals surface area contributed by atoms with Gasteiger partial charge in [0.05, 0.1) is 0 Å². The zero-order valence-corrected chi connectivity index (χ0v) is 17.0. The highest BCUT2D eigenvalue weighted by Crippen LogP contribution is 2.68. The van der Waals surface area contributed by atoms with Gasteiger partial charge in [0.2, 0.25) is 0 Å². The van der Waals surface area contributed by atoms with E-state index in [0.29, 0.717) is 5.41 Å². The summed E-state index contributed by atoms with van der Waals surface area (Å²) in [5.74, 6) is 3.57. The topological polar surface area (TPSA) is 0 Å². The largest absolute Gasteiger partial charge is 0.0993 e. The van der Waals surface area contributed by atoms with Gasteiger partial charge in [-0.3, -0.25) is 0 Å². The summed E-state index contributed by atoms with van der Waals surface area (Å²) in [5, 5.41) is 0. The molecule has 23 heavy (non-hydrogen) atoms. The van der Waals surface area contributed by atoms with Crippen molar-refractivity contribution >= 4 is 0 Å². The molecule has 3 fully saturated rings. The van der Waals surface area contributed by atoms with Gasteiger partial charge in [0.25, 0.3) is 0 Å². The van der Waals surface area contributed by atoms with Crippen LogP contribution in [-0.4, -0.2) is 0 Å². The summed E-state index contributed by atoms with van der Waals surface area (Å²) in [6, 6.07) is 0. The Kier molecular flexibility index (Phi) is 8.11. The van der Waals surface area contributed by atoms with Gasteiger partial charge < -0.3 is 0 Å². The standard InChI is InChI=1S/C19H30.2C2H6/c1-13(2)18-7-5-6-16(15(18)4)10-11-19-12-17(19)9-8-14(19)3;2*1-2/h10,13,15,17-18H,3,5-9,11-12H2,1-2,4H3;2*1-2H3/b16-10+;;. The van der Waals surface area contributed by atoms with Crippen molar-refractivity contribution in [1.82, 2.24) is 0 Å². The van der Waals surface area contributed by atoms with Crippen molar-refractivity contribution in [2.75, 3.05) is 0 Å². The Balaban J connectivity index is 0.000000615. The average molecular weight is 319 g/mol. The molecule has 0 aliphatic heterocycles. The fourth-order valence-corrected chi connectivity index (χ4v) is 4.99. The lowest BCUT2D eigenvalue weighted by atomic mass is 9.71. The van der Waals surface area contributed by atoms with Gasteiger partial charge in [0.1, 0.15) is 0 Å². The predicted molar refractivity (Wildman–Crippen MR) is 106 cm³/mol. The molecule has 4 atom stereocenters. The molecule has 0 bridgehead atoms. The van der Waals surface area contributed by atoms with Crippen LogP contribution in [0.25, 0.3) is 0 Å². The third-order valence-electron chi connectivity index (χ3n) is 6.55. The van der Waals surface area contributed by atoms with Crippen LogP contribution in [-0.2, 0) is 0 Å². The van der Waals surface area contributed by atoms with Gasteiger partial charge in [-0.25, -0.2) is 0 Å². The van der Waals surface area contributed by atoms with E-state index in [2.05, 4.69) is 33.4 Å². The minimum absolute atomic E-state index is 0.567. The molecule has 0 aromatic rings. The minimum atomic E-state index is 0.567. The SMILES string of the molecule is C=C1CCC2CC12C/C=C1\CCCC(C(C)C)C1C.CC.CC. The van der Waals surface area contributed by atoms with Crippen molar-refractivity contribution in [3.63, 3.8) is 0 Å². The summed E-state index contributed by atoms with van der Waals surface area (Å²) in [7, 11) is 0.